The second-order valence-corrected chi connectivity index (χ2v) is 7.14. The molecule has 0 aromatic carbocycles. The minimum atomic E-state index is 0.0871. The molecule has 1 aliphatic heterocycles. The molecule has 3 rings (SSSR count). The molecule has 3 heterocycles. The molecular formula is C17H24N4O2S. The van der Waals surface area contributed by atoms with Gasteiger partial charge in [0.2, 0.25) is 5.91 Å². The zero-order valence-electron chi connectivity index (χ0n) is 14.2. The van der Waals surface area contributed by atoms with Gasteiger partial charge in [0.1, 0.15) is 17.0 Å². The molecule has 0 unspecified atom stereocenters. The van der Waals surface area contributed by atoms with Gasteiger partial charge in [-0.15, -0.1) is 11.3 Å². The Hall–Kier alpha value is -1.73. The predicted molar refractivity (Wildman–Crippen MR) is 96.6 cm³/mol. The fraction of sp³-hybridized carbons (Fsp3) is 0.588. The van der Waals surface area contributed by atoms with Gasteiger partial charge in [0.05, 0.1) is 12.0 Å². The van der Waals surface area contributed by atoms with Gasteiger partial charge < -0.3 is 15.0 Å². The molecule has 0 saturated carbocycles. The van der Waals surface area contributed by atoms with Gasteiger partial charge in [-0.1, -0.05) is 6.92 Å². The van der Waals surface area contributed by atoms with Crippen LogP contribution in [0.1, 0.15) is 24.6 Å². The molecule has 7 heteroatoms. The zero-order chi connectivity index (χ0) is 16.9. The molecule has 6 nitrogen and oxygen atoms in total. The number of carbonyl (C=O) groups is 1. The van der Waals surface area contributed by atoms with E-state index < -0.39 is 0 Å². The number of nitrogens with one attached hydrogen (secondary N) is 1. The Morgan fingerprint density at radius 3 is 2.92 bits per heavy atom. The number of carbonyl (C=O) groups excluding carboxylic acids is 1. The average Bonchev–Trinajstić information content (AvgIpc) is 3.05. The summed E-state index contributed by atoms with van der Waals surface area (Å²) in [6.45, 7) is 5.00. The van der Waals surface area contributed by atoms with Crippen molar-refractivity contribution in [2.75, 3.05) is 38.3 Å². The largest absolute Gasteiger partial charge is 0.383 e. The van der Waals surface area contributed by atoms with Gasteiger partial charge in [0, 0.05) is 37.5 Å². The van der Waals surface area contributed by atoms with E-state index in [4.69, 9.17) is 4.74 Å². The number of piperidine rings is 1. The van der Waals surface area contributed by atoms with Gasteiger partial charge in [-0.2, -0.15) is 0 Å². The van der Waals surface area contributed by atoms with Crippen LogP contribution in [-0.4, -0.2) is 49.2 Å². The fourth-order valence-corrected chi connectivity index (χ4v) is 4.02. The SMILES string of the molecule is CCc1cc2c(N3CCC(C(=O)NCCOC)CC3)ncnc2s1. The maximum absolute atomic E-state index is 12.2. The lowest BCUT2D eigenvalue weighted by Crippen LogP contribution is -2.41. The lowest BCUT2D eigenvalue weighted by atomic mass is 9.96. The van der Waals surface area contributed by atoms with E-state index in [-0.39, 0.29) is 11.8 Å². The van der Waals surface area contributed by atoms with E-state index in [2.05, 4.69) is 33.2 Å². The number of thiophene rings is 1. The van der Waals surface area contributed by atoms with E-state index >= 15 is 0 Å². The summed E-state index contributed by atoms with van der Waals surface area (Å²) in [6, 6.07) is 2.21. The number of nitrogens with zero attached hydrogens (tertiary/aromatic N) is 3. The van der Waals surface area contributed by atoms with E-state index in [1.54, 1.807) is 24.8 Å². The minimum absolute atomic E-state index is 0.0871. The molecule has 1 fully saturated rings. The summed E-state index contributed by atoms with van der Waals surface area (Å²) in [4.78, 5) is 25.7. The van der Waals surface area contributed by atoms with Gasteiger partial charge >= 0.3 is 0 Å². The highest BCUT2D eigenvalue weighted by molar-refractivity contribution is 7.18. The minimum Gasteiger partial charge on any atom is -0.383 e. The number of aryl methyl sites for hydroxylation is 1. The average molecular weight is 348 g/mol. The summed E-state index contributed by atoms with van der Waals surface area (Å²) in [5, 5.41) is 4.08. The molecule has 1 amide bonds. The van der Waals surface area contributed by atoms with Crippen molar-refractivity contribution in [2.24, 2.45) is 5.92 Å². The van der Waals surface area contributed by atoms with Gasteiger partial charge in [-0.05, 0) is 25.3 Å². The molecule has 0 bridgehead atoms. The first-order valence-electron chi connectivity index (χ1n) is 8.48. The summed E-state index contributed by atoms with van der Waals surface area (Å²) >= 11 is 1.74. The van der Waals surface area contributed by atoms with Crippen molar-refractivity contribution < 1.29 is 9.53 Å². The standard InChI is InChI=1S/C17H24N4O2S/c1-3-13-10-14-15(19-11-20-17(14)24-13)21-7-4-12(5-8-21)16(22)18-6-9-23-2/h10-12H,3-9H2,1-2H3,(H,18,22). The first-order chi connectivity index (χ1) is 11.7. The Labute approximate surface area is 146 Å². The van der Waals surface area contributed by atoms with Crippen molar-refractivity contribution in [1.29, 1.82) is 0 Å². The summed E-state index contributed by atoms with van der Waals surface area (Å²) < 4.78 is 4.97. The fourth-order valence-electron chi connectivity index (χ4n) is 3.09. The Morgan fingerprint density at radius 2 is 2.21 bits per heavy atom. The van der Waals surface area contributed by atoms with E-state index in [9.17, 15) is 4.79 Å². The van der Waals surface area contributed by atoms with Crippen LogP contribution in [0.2, 0.25) is 0 Å². The topological polar surface area (TPSA) is 67.4 Å². The van der Waals surface area contributed by atoms with Crippen LogP contribution in [0.25, 0.3) is 10.2 Å². The van der Waals surface area contributed by atoms with E-state index in [1.807, 2.05) is 0 Å². The Morgan fingerprint density at radius 1 is 1.42 bits per heavy atom. The number of fused-ring (bicyclic) bond motifs is 1. The number of amides is 1. The number of methoxy groups -OCH3 is 1. The number of aromatic nitrogens is 2. The summed E-state index contributed by atoms with van der Waals surface area (Å²) in [6.07, 6.45) is 4.38. The van der Waals surface area contributed by atoms with Crippen molar-refractivity contribution >= 4 is 33.3 Å². The van der Waals surface area contributed by atoms with Gasteiger partial charge in [-0.3, -0.25) is 4.79 Å². The van der Waals surface area contributed by atoms with E-state index in [1.165, 1.54) is 4.88 Å². The third kappa shape index (κ3) is 3.67. The molecule has 24 heavy (non-hydrogen) atoms. The highest BCUT2D eigenvalue weighted by Gasteiger charge is 2.26. The van der Waals surface area contributed by atoms with Crippen LogP contribution >= 0.6 is 11.3 Å². The summed E-state index contributed by atoms with van der Waals surface area (Å²) in [7, 11) is 1.64. The van der Waals surface area contributed by atoms with Crippen LogP contribution < -0.4 is 10.2 Å². The first-order valence-corrected chi connectivity index (χ1v) is 9.29. The van der Waals surface area contributed by atoms with Crippen LogP contribution in [0, 0.1) is 5.92 Å². The molecule has 1 saturated heterocycles. The second kappa shape index (κ2) is 7.90. The second-order valence-electron chi connectivity index (χ2n) is 6.03. The smallest absolute Gasteiger partial charge is 0.223 e. The Bertz CT molecular complexity index is 695. The third-order valence-corrected chi connectivity index (χ3v) is 5.67. The van der Waals surface area contributed by atoms with Crippen molar-refractivity contribution in [3.8, 4) is 0 Å². The van der Waals surface area contributed by atoms with Gasteiger partial charge in [-0.25, -0.2) is 9.97 Å². The maximum atomic E-state index is 12.2. The molecule has 0 aliphatic carbocycles. The monoisotopic (exact) mass is 348 g/mol. The molecule has 1 N–H and O–H groups in total. The molecule has 2 aromatic heterocycles. The van der Waals surface area contributed by atoms with Crippen molar-refractivity contribution in [1.82, 2.24) is 15.3 Å². The van der Waals surface area contributed by atoms with E-state index in [0.29, 0.717) is 13.2 Å². The lowest BCUT2D eigenvalue weighted by molar-refractivity contribution is -0.125. The van der Waals surface area contributed by atoms with Crippen LogP contribution in [-0.2, 0) is 16.0 Å². The van der Waals surface area contributed by atoms with Crippen molar-refractivity contribution in [3.63, 3.8) is 0 Å². The lowest BCUT2D eigenvalue weighted by Gasteiger charge is -2.32. The van der Waals surface area contributed by atoms with Gasteiger partial charge in [0.15, 0.2) is 0 Å². The van der Waals surface area contributed by atoms with Crippen LogP contribution in [0.15, 0.2) is 12.4 Å². The van der Waals surface area contributed by atoms with Crippen LogP contribution in [0.5, 0.6) is 0 Å². The predicted octanol–water partition coefficient (Wildman–Crippen LogP) is 2.23. The van der Waals surface area contributed by atoms with Crippen molar-refractivity contribution in [3.05, 3.63) is 17.3 Å². The van der Waals surface area contributed by atoms with Crippen LogP contribution in [0.4, 0.5) is 5.82 Å². The molecule has 1 aliphatic rings. The Balaban J connectivity index is 1.64. The quantitative estimate of drug-likeness (QED) is 0.811. The highest BCUT2D eigenvalue weighted by atomic mass is 32.1. The number of anilines is 1. The van der Waals surface area contributed by atoms with E-state index in [0.717, 1.165) is 48.4 Å². The maximum Gasteiger partial charge on any atom is 0.223 e. The normalized spacial score (nSPS) is 15.8. The number of hydrogen-bond donors (Lipinski definition) is 1. The molecular weight excluding hydrogens is 324 g/mol. The molecule has 0 radical (unpaired) electrons. The molecule has 2 aromatic rings. The number of ether oxygens (including phenoxy) is 1. The zero-order valence-corrected chi connectivity index (χ0v) is 15.1. The first kappa shape index (κ1) is 17.1. The number of rotatable bonds is 6. The molecule has 0 spiro atoms. The highest BCUT2D eigenvalue weighted by Crippen LogP contribution is 2.32. The van der Waals surface area contributed by atoms with Gasteiger partial charge in [0.25, 0.3) is 0 Å². The Kier molecular flexibility index (Phi) is 5.63. The molecule has 0 atom stereocenters. The summed E-state index contributed by atoms with van der Waals surface area (Å²) in [5.74, 6) is 1.24. The third-order valence-electron chi connectivity index (χ3n) is 4.48. The van der Waals surface area contributed by atoms with Crippen molar-refractivity contribution in [2.45, 2.75) is 26.2 Å². The van der Waals surface area contributed by atoms with Crippen LogP contribution in [0.3, 0.4) is 0 Å². The molecule has 130 valence electrons. The number of hydrogen-bond acceptors (Lipinski definition) is 6. The summed E-state index contributed by atoms with van der Waals surface area (Å²) in [5.41, 5.74) is 0.